The molecule has 0 aromatic carbocycles. The predicted molar refractivity (Wildman–Crippen MR) is 92.5 cm³/mol. The minimum Gasteiger partial charge on any atom is -0.353 e. The van der Waals surface area contributed by atoms with Crippen molar-refractivity contribution < 1.29 is 4.79 Å². The molecule has 0 unspecified atom stereocenters. The predicted octanol–water partition coefficient (Wildman–Crippen LogP) is 1.34. The van der Waals surface area contributed by atoms with E-state index in [0.29, 0.717) is 17.1 Å². The Morgan fingerprint density at radius 1 is 1.33 bits per heavy atom. The van der Waals surface area contributed by atoms with Crippen LogP contribution < -0.4 is 11.2 Å². The lowest BCUT2D eigenvalue weighted by molar-refractivity contribution is -0.119. The lowest BCUT2D eigenvalue weighted by Crippen LogP contribution is -2.37. The molecular weight excluding hydrogens is 326 g/mol. The summed E-state index contributed by atoms with van der Waals surface area (Å²) < 4.78 is 3.02. The van der Waals surface area contributed by atoms with Gasteiger partial charge in [-0.25, -0.2) is 9.36 Å². The molecule has 0 spiro atoms. The van der Waals surface area contributed by atoms with Gasteiger partial charge in [0.15, 0.2) is 0 Å². The second-order valence-electron chi connectivity index (χ2n) is 6.18. The molecule has 2 aromatic rings. The smallest absolute Gasteiger partial charge is 0.271 e. The molecule has 1 amide bonds. The molecule has 2 heterocycles. The van der Waals surface area contributed by atoms with Crippen LogP contribution in [0.2, 0.25) is 0 Å². The van der Waals surface area contributed by atoms with E-state index in [4.69, 9.17) is 5.84 Å². The molecule has 0 aliphatic heterocycles. The van der Waals surface area contributed by atoms with Crippen LogP contribution >= 0.6 is 11.8 Å². The Bertz CT molecular complexity index is 717. The van der Waals surface area contributed by atoms with Gasteiger partial charge in [0.2, 0.25) is 11.1 Å². The van der Waals surface area contributed by atoms with Crippen LogP contribution in [0, 0.1) is 13.8 Å². The SMILES string of the molecule is Cc1cc(C)n(-c2nnc(SCC(=O)NC3CCCCC3)n2N)n1. The fraction of sp³-hybridized carbons (Fsp3) is 0.600. The van der Waals surface area contributed by atoms with Gasteiger partial charge < -0.3 is 11.2 Å². The van der Waals surface area contributed by atoms with Crippen LogP contribution in [0.1, 0.15) is 43.5 Å². The standard InChI is InChI=1S/C15H23N7OS/c1-10-8-11(2)22(20-10)14-18-19-15(21(14)16)24-9-13(23)17-12-6-4-3-5-7-12/h8,12H,3-7,9,16H2,1-2H3,(H,17,23). The van der Waals surface area contributed by atoms with Crippen molar-refractivity contribution in [2.75, 3.05) is 11.6 Å². The zero-order valence-corrected chi connectivity index (χ0v) is 14.8. The topological polar surface area (TPSA) is 104 Å². The average molecular weight is 349 g/mol. The summed E-state index contributed by atoms with van der Waals surface area (Å²) in [6, 6.07) is 2.26. The molecule has 9 heteroatoms. The summed E-state index contributed by atoms with van der Waals surface area (Å²) in [5, 5.41) is 16.1. The number of nitrogen functional groups attached to an aromatic ring is 1. The van der Waals surface area contributed by atoms with Gasteiger partial charge in [0.1, 0.15) is 0 Å². The molecule has 1 saturated carbocycles. The van der Waals surface area contributed by atoms with Gasteiger partial charge in [0.05, 0.1) is 11.4 Å². The highest BCUT2D eigenvalue weighted by atomic mass is 32.2. The number of aryl methyl sites for hydroxylation is 2. The van der Waals surface area contributed by atoms with Crippen LogP contribution in [0.3, 0.4) is 0 Å². The van der Waals surface area contributed by atoms with Crippen LogP contribution in [0.15, 0.2) is 11.2 Å². The van der Waals surface area contributed by atoms with E-state index in [1.807, 2.05) is 19.9 Å². The molecule has 2 aromatic heterocycles. The van der Waals surface area contributed by atoms with Crippen LogP contribution in [-0.4, -0.2) is 42.4 Å². The number of carbonyl (C=O) groups is 1. The Labute approximate surface area is 145 Å². The van der Waals surface area contributed by atoms with Gasteiger partial charge in [0.25, 0.3) is 5.95 Å². The van der Waals surface area contributed by atoms with Crippen LogP contribution in [-0.2, 0) is 4.79 Å². The number of carbonyl (C=O) groups excluding carboxylic acids is 1. The Morgan fingerprint density at radius 3 is 2.75 bits per heavy atom. The van der Waals surface area contributed by atoms with E-state index < -0.39 is 0 Å². The summed E-state index contributed by atoms with van der Waals surface area (Å²) in [5.74, 6) is 6.80. The number of hydrogen-bond acceptors (Lipinski definition) is 6. The van der Waals surface area contributed by atoms with Gasteiger partial charge >= 0.3 is 0 Å². The molecular formula is C15H23N7OS. The summed E-state index contributed by atoms with van der Waals surface area (Å²) >= 11 is 1.28. The zero-order chi connectivity index (χ0) is 17.1. The van der Waals surface area contributed by atoms with Crippen molar-refractivity contribution >= 4 is 17.7 Å². The molecule has 0 radical (unpaired) electrons. The third-order valence-corrected chi connectivity index (χ3v) is 5.09. The lowest BCUT2D eigenvalue weighted by atomic mass is 9.95. The fourth-order valence-electron chi connectivity index (χ4n) is 2.99. The second kappa shape index (κ2) is 7.25. The first-order valence-corrected chi connectivity index (χ1v) is 9.19. The number of rotatable bonds is 5. The Hall–Kier alpha value is -2.03. The highest BCUT2D eigenvalue weighted by Gasteiger charge is 2.18. The average Bonchev–Trinajstić information content (AvgIpc) is 3.08. The normalized spacial score (nSPS) is 15.6. The van der Waals surface area contributed by atoms with Crippen molar-refractivity contribution in [1.82, 2.24) is 30.0 Å². The maximum Gasteiger partial charge on any atom is 0.271 e. The van der Waals surface area contributed by atoms with Crippen molar-refractivity contribution in [3.8, 4) is 5.95 Å². The summed E-state index contributed by atoms with van der Waals surface area (Å²) in [4.78, 5) is 12.1. The largest absolute Gasteiger partial charge is 0.353 e. The number of nitrogens with zero attached hydrogens (tertiary/aromatic N) is 5. The molecule has 1 aliphatic carbocycles. The van der Waals surface area contributed by atoms with Crippen molar-refractivity contribution in [3.05, 3.63) is 17.5 Å². The van der Waals surface area contributed by atoms with Crippen molar-refractivity contribution in [2.45, 2.75) is 57.1 Å². The van der Waals surface area contributed by atoms with Crippen molar-refractivity contribution in [2.24, 2.45) is 0 Å². The number of hydrogen-bond donors (Lipinski definition) is 2. The second-order valence-corrected chi connectivity index (χ2v) is 7.13. The third kappa shape index (κ3) is 3.72. The van der Waals surface area contributed by atoms with Gasteiger partial charge in [-0.15, -0.1) is 10.2 Å². The molecule has 3 rings (SSSR count). The van der Waals surface area contributed by atoms with Crippen LogP contribution in [0.25, 0.3) is 5.95 Å². The summed E-state index contributed by atoms with van der Waals surface area (Å²) in [5.41, 5.74) is 1.81. The van der Waals surface area contributed by atoms with E-state index in [1.165, 1.54) is 35.7 Å². The van der Waals surface area contributed by atoms with Gasteiger partial charge in [-0.3, -0.25) is 4.79 Å². The zero-order valence-electron chi connectivity index (χ0n) is 14.0. The Balaban J connectivity index is 1.60. The van der Waals surface area contributed by atoms with E-state index in [9.17, 15) is 4.79 Å². The molecule has 0 atom stereocenters. The molecule has 0 saturated heterocycles. The minimum atomic E-state index is 0.0163. The fourth-order valence-corrected chi connectivity index (χ4v) is 3.65. The molecule has 24 heavy (non-hydrogen) atoms. The van der Waals surface area contributed by atoms with Crippen molar-refractivity contribution in [1.29, 1.82) is 0 Å². The molecule has 3 N–H and O–H groups in total. The maximum absolute atomic E-state index is 12.1. The summed E-state index contributed by atoms with van der Waals surface area (Å²) in [6.07, 6.45) is 5.81. The number of nitrogens with one attached hydrogen (secondary N) is 1. The monoisotopic (exact) mass is 349 g/mol. The molecule has 8 nitrogen and oxygen atoms in total. The molecule has 1 aliphatic rings. The molecule has 1 fully saturated rings. The summed E-state index contributed by atoms with van der Waals surface area (Å²) in [6.45, 7) is 3.84. The van der Waals surface area contributed by atoms with E-state index in [2.05, 4.69) is 20.6 Å². The van der Waals surface area contributed by atoms with E-state index in [-0.39, 0.29) is 11.7 Å². The lowest BCUT2D eigenvalue weighted by Gasteiger charge is -2.22. The van der Waals surface area contributed by atoms with Crippen molar-refractivity contribution in [3.63, 3.8) is 0 Å². The first-order chi connectivity index (χ1) is 11.5. The number of aromatic nitrogens is 5. The number of thioether (sulfide) groups is 1. The van der Waals surface area contributed by atoms with E-state index in [0.717, 1.165) is 24.2 Å². The quantitative estimate of drug-likeness (QED) is 0.623. The van der Waals surface area contributed by atoms with Gasteiger partial charge in [-0.1, -0.05) is 31.0 Å². The highest BCUT2D eigenvalue weighted by Crippen LogP contribution is 2.19. The third-order valence-electron chi connectivity index (χ3n) is 4.15. The first-order valence-electron chi connectivity index (χ1n) is 8.21. The van der Waals surface area contributed by atoms with E-state index in [1.54, 1.807) is 4.68 Å². The van der Waals surface area contributed by atoms with Gasteiger partial charge in [-0.05, 0) is 32.8 Å². The Morgan fingerprint density at radius 2 is 2.08 bits per heavy atom. The Kier molecular flexibility index (Phi) is 5.08. The van der Waals surface area contributed by atoms with Gasteiger partial charge in [0, 0.05) is 11.7 Å². The molecule has 130 valence electrons. The maximum atomic E-state index is 12.1. The number of nitrogens with two attached hydrogens (primary N) is 1. The minimum absolute atomic E-state index is 0.0163. The molecule has 0 bridgehead atoms. The van der Waals surface area contributed by atoms with Gasteiger partial charge in [-0.2, -0.15) is 5.10 Å². The summed E-state index contributed by atoms with van der Waals surface area (Å²) in [7, 11) is 0. The number of amides is 1. The highest BCUT2D eigenvalue weighted by molar-refractivity contribution is 7.99. The van der Waals surface area contributed by atoms with E-state index >= 15 is 0 Å². The van der Waals surface area contributed by atoms with Crippen LogP contribution in [0.4, 0.5) is 0 Å². The van der Waals surface area contributed by atoms with Crippen LogP contribution in [0.5, 0.6) is 0 Å². The first kappa shape index (κ1) is 16.8.